The predicted molar refractivity (Wildman–Crippen MR) is 118 cm³/mol. The number of aromatic nitrogens is 2. The largest absolute Gasteiger partial charge is 0.462 e. The van der Waals surface area contributed by atoms with E-state index in [-0.39, 0.29) is 18.1 Å². The van der Waals surface area contributed by atoms with Gasteiger partial charge in [-0.15, -0.1) is 0 Å². The fraction of sp³-hybridized carbons (Fsp3) is 0.400. The van der Waals surface area contributed by atoms with Crippen molar-refractivity contribution in [1.29, 1.82) is 0 Å². The van der Waals surface area contributed by atoms with E-state index in [2.05, 4.69) is 22.2 Å². The van der Waals surface area contributed by atoms with E-state index in [4.69, 9.17) is 4.74 Å². The fourth-order valence-electron chi connectivity index (χ4n) is 2.37. The third kappa shape index (κ3) is 7.25. The number of thioether (sulfide) groups is 2. The number of rotatable bonds is 10. The minimum absolute atomic E-state index is 0.241. The summed E-state index contributed by atoms with van der Waals surface area (Å²) in [5.74, 6) is 0.848. The van der Waals surface area contributed by atoms with Gasteiger partial charge < -0.3 is 15.0 Å². The van der Waals surface area contributed by atoms with Crippen molar-refractivity contribution in [2.45, 2.75) is 43.4 Å². The van der Waals surface area contributed by atoms with Crippen LogP contribution in [0.25, 0.3) is 0 Å². The predicted octanol–water partition coefficient (Wildman–Crippen LogP) is 3.71. The molecule has 7 nitrogen and oxygen atoms in total. The average molecular weight is 436 g/mol. The van der Waals surface area contributed by atoms with E-state index in [0.717, 1.165) is 23.9 Å². The van der Waals surface area contributed by atoms with Crippen LogP contribution in [0, 0.1) is 0 Å². The number of ether oxygens (including phenoxy) is 1. The Hall–Kier alpha value is -2.26. The van der Waals surface area contributed by atoms with E-state index >= 15 is 0 Å². The molecule has 1 heterocycles. The number of H-pyrrole nitrogens is 1. The molecule has 1 aromatic heterocycles. The number of nitrogens with zero attached hydrogens (tertiary/aromatic N) is 1. The maximum Gasteiger partial charge on any atom is 0.340 e. The van der Waals surface area contributed by atoms with Crippen LogP contribution in [0.1, 0.15) is 43.2 Å². The molecule has 0 aliphatic rings. The minimum Gasteiger partial charge on any atom is -0.462 e. The molecule has 0 aliphatic heterocycles. The van der Waals surface area contributed by atoms with Crippen LogP contribution >= 0.6 is 23.5 Å². The lowest BCUT2D eigenvalue weighted by Gasteiger charge is -2.14. The van der Waals surface area contributed by atoms with Gasteiger partial charge in [0.25, 0.3) is 5.56 Å². The topological polar surface area (TPSA) is 101 Å². The first-order valence-corrected chi connectivity index (χ1v) is 11.4. The van der Waals surface area contributed by atoms with E-state index in [1.807, 2.05) is 0 Å². The highest BCUT2D eigenvalue weighted by Gasteiger charge is 2.19. The number of carbonyl (C=O) groups excluding carboxylic acids is 2. The van der Waals surface area contributed by atoms with Crippen LogP contribution in [0.4, 0.5) is 5.69 Å². The van der Waals surface area contributed by atoms with Crippen LogP contribution in [-0.2, 0) is 15.3 Å². The van der Waals surface area contributed by atoms with E-state index in [9.17, 15) is 14.4 Å². The highest BCUT2D eigenvalue weighted by molar-refractivity contribution is 8.00. The van der Waals surface area contributed by atoms with Gasteiger partial charge >= 0.3 is 5.97 Å². The summed E-state index contributed by atoms with van der Waals surface area (Å²) in [6.07, 6.45) is 1.06. The van der Waals surface area contributed by atoms with Crippen molar-refractivity contribution in [2.75, 3.05) is 17.7 Å². The van der Waals surface area contributed by atoms with Gasteiger partial charge in [-0.25, -0.2) is 9.78 Å². The zero-order valence-electron chi connectivity index (χ0n) is 16.7. The van der Waals surface area contributed by atoms with E-state index in [1.165, 1.54) is 6.07 Å². The molecule has 0 saturated heterocycles. The average Bonchev–Trinajstić information content (AvgIpc) is 2.68. The van der Waals surface area contributed by atoms with Crippen LogP contribution in [-0.4, -0.2) is 39.5 Å². The summed E-state index contributed by atoms with van der Waals surface area (Å²) in [7, 11) is 0. The number of nitrogens with one attached hydrogen (secondary N) is 2. The van der Waals surface area contributed by atoms with E-state index in [1.54, 1.807) is 49.9 Å². The van der Waals surface area contributed by atoms with Gasteiger partial charge in [-0.05, 0) is 38.2 Å². The molecule has 1 atom stereocenters. The summed E-state index contributed by atoms with van der Waals surface area (Å²) in [5.41, 5.74) is 1.13. The molecule has 9 heteroatoms. The van der Waals surface area contributed by atoms with Gasteiger partial charge in [-0.2, -0.15) is 11.8 Å². The van der Waals surface area contributed by atoms with Crippen molar-refractivity contribution in [1.82, 2.24) is 9.97 Å². The molecule has 0 fully saturated rings. The van der Waals surface area contributed by atoms with E-state index in [0.29, 0.717) is 27.9 Å². The normalized spacial score (nSPS) is 11.7. The summed E-state index contributed by atoms with van der Waals surface area (Å²) >= 11 is 2.87. The van der Waals surface area contributed by atoms with Crippen LogP contribution in [0.15, 0.2) is 40.3 Å². The Kier molecular flexibility index (Phi) is 9.27. The molecule has 0 spiro atoms. The van der Waals surface area contributed by atoms with Gasteiger partial charge in [-0.1, -0.05) is 30.8 Å². The number of hydrogen-bond donors (Lipinski definition) is 2. The van der Waals surface area contributed by atoms with Crippen LogP contribution in [0.5, 0.6) is 0 Å². The Morgan fingerprint density at radius 3 is 2.76 bits per heavy atom. The Bertz CT molecular complexity index is 901. The number of para-hydroxylation sites is 1. The molecule has 2 rings (SSSR count). The summed E-state index contributed by atoms with van der Waals surface area (Å²) < 4.78 is 5.03. The molecule has 2 aromatic rings. The zero-order valence-corrected chi connectivity index (χ0v) is 18.3. The van der Waals surface area contributed by atoms with Gasteiger partial charge in [0.2, 0.25) is 5.91 Å². The minimum atomic E-state index is -0.535. The quantitative estimate of drug-likeness (QED) is 0.254. The first kappa shape index (κ1) is 23.0. The molecule has 1 aromatic carbocycles. The second-order valence-corrected chi connectivity index (χ2v) is 8.54. The molecular weight excluding hydrogens is 410 g/mol. The number of carbonyl (C=O) groups is 2. The lowest BCUT2D eigenvalue weighted by Crippen LogP contribution is -2.24. The maximum atomic E-state index is 12.6. The molecule has 29 heavy (non-hydrogen) atoms. The Balaban J connectivity index is 2.07. The van der Waals surface area contributed by atoms with Crippen molar-refractivity contribution < 1.29 is 14.3 Å². The summed E-state index contributed by atoms with van der Waals surface area (Å²) in [6, 6.07) is 8.16. The Morgan fingerprint density at radius 1 is 1.28 bits per heavy atom. The summed E-state index contributed by atoms with van der Waals surface area (Å²) in [4.78, 5) is 43.7. The first-order valence-electron chi connectivity index (χ1n) is 9.36. The van der Waals surface area contributed by atoms with Gasteiger partial charge in [-0.3, -0.25) is 9.59 Å². The van der Waals surface area contributed by atoms with Gasteiger partial charge in [0.15, 0.2) is 5.16 Å². The van der Waals surface area contributed by atoms with Crippen molar-refractivity contribution >= 4 is 41.1 Å². The number of hydrogen-bond acceptors (Lipinski definition) is 7. The molecule has 0 radical (unpaired) electrons. The van der Waals surface area contributed by atoms with Crippen LogP contribution in [0.2, 0.25) is 0 Å². The van der Waals surface area contributed by atoms with Crippen molar-refractivity contribution in [3.63, 3.8) is 0 Å². The Morgan fingerprint density at radius 2 is 2.03 bits per heavy atom. The number of esters is 1. The number of anilines is 1. The van der Waals surface area contributed by atoms with Gasteiger partial charge in [0.05, 0.1) is 28.8 Å². The monoisotopic (exact) mass is 435 g/mol. The van der Waals surface area contributed by atoms with Crippen LogP contribution in [0.3, 0.4) is 0 Å². The lowest BCUT2D eigenvalue weighted by molar-refractivity contribution is -0.115. The third-order valence-corrected chi connectivity index (χ3v) is 5.89. The molecule has 0 bridgehead atoms. The highest BCUT2D eigenvalue weighted by atomic mass is 32.2. The number of amides is 1. The van der Waals surface area contributed by atoms with Gasteiger partial charge in [0.1, 0.15) is 0 Å². The first-order chi connectivity index (χ1) is 13.9. The summed E-state index contributed by atoms with van der Waals surface area (Å²) in [6.45, 7) is 5.78. The second-order valence-electron chi connectivity index (χ2n) is 6.11. The van der Waals surface area contributed by atoms with Crippen molar-refractivity contribution in [3.05, 3.63) is 51.9 Å². The molecule has 0 aliphatic carbocycles. The molecule has 156 valence electrons. The zero-order chi connectivity index (χ0) is 21.2. The number of benzene rings is 1. The number of aromatic amines is 1. The second kappa shape index (κ2) is 11.7. The molecule has 1 amide bonds. The fourth-order valence-corrected chi connectivity index (χ4v) is 3.99. The smallest absolute Gasteiger partial charge is 0.340 e. The molecular formula is C20H25N3O4S2. The third-order valence-electron chi connectivity index (χ3n) is 3.71. The molecule has 0 saturated carbocycles. The SMILES string of the molecule is CCCSCc1cc(=O)[nH]c(SC(C)C(=O)Nc2ccccc2C(=O)OCC)n1. The lowest BCUT2D eigenvalue weighted by atomic mass is 10.1. The maximum absolute atomic E-state index is 12.6. The van der Waals surface area contributed by atoms with Gasteiger partial charge in [0, 0.05) is 11.8 Å². The molecule has 1 unspecified atom stereocenters. The van der Waals surface area contributed by atoms with Crippen molar-refractivity contribution in [2.24, 2.45) is 0 Å². The highest BCUT2D eigenvalue weighted by Crippen LogP contribution is 2.23. The van der Waals surface area contributed by atoms with E-state index < -0.39 is 11.2 Å². The standard InChI is InChI=1S/C20H25N3O4S2/c1-4-10-28-12-14-11-17(24)23-20(21-14)29-13(3)18(25)22-16-9-7-6-8-15(16)19(26)27-5-2/h6-9,11,13H,4-5,10,12H2,1-3H3,(H,22,25)(H,21,23,24). The van der Waals surface area contributed by atoms with Crippen molar-refractivity contribution in [3.8, 4) is 0 Å². The summed E-state index contributed by atoms with van der Waals surface area (Å²) in [5, 5.41) is 2.62. The molecule has 2 N–H and O–H groups in total. The van der Waals surface area contributed by atoms with Crippen LogP contribution < -0.4 is 10.9 Å². The Labute approximate surface area is 178 Å².